The molecule has 0 aliphatic heterocycles. The van der Waals surface area contributed by atoms with Gasteiger partial charge in [-0.2, -0.15) is 0 Å². The summed E-state index contributed by atoms with van der Waals surface area (Å²) in [5, 5.41) is 0. The van der Waals surface area contributed by atoms with Crippen molar-refractivity contribution in [1.82, 2.24) is 4.98 Å². The van der Waals surface area contributed by atoms with E-state index in [1.807, 2.05) is 56.3 Å². The van der Waals surface area contributed by atoms with Crippen LogP contribution in [-0.2, 0) is 0 Å². The van der Waals surface area contributed by atoms with Gasteiger partial charge in [0.05, 0.1) is 0 Å². The number of benzene rings is 1. The van der Waals surface area contributed by atoms with E-state index in [0.29, 0.717) is 5.88 Å². The minimum Gasteiger partial charge on any atom is -0.470 e. The molecule has 0 radical (unpaired) electrons. The van der Waals surface area contributed by atoms with Crippen molar-refractivity contribution < 1.29 is 4.74 Å². The summed E-state index contributed by atoms with van der Waals surface area (Å²) in [5.74, 6) is 0.612. The van der Waals surface area contributed by atoms with Crippen LogP contribution in [0.25, 0.3) is 0 Å². The molecule has 18 heavy (non-hydrogen) atoms. The van der Waals surface area contributed by atoms with Gasteiger partial charge >= 0.3 is 0 Å². The van der Waals surface area contributed by atoms with E-state index in [9.17, 15) is 0 Å². The minimum atomic E-state index is -0.0259. The van der Waals surface area contributed by atoms with Gasteiger partial charge in [0.2, 0.25) is 5.88 Å². The molecule has 0 saturated carbocycles. The van der Waals surface area contributed by atoms with Crippen LogP contribution in [0.5, 0.6) is 5.88 Å². The summed E-state index contributed by atoms with van der Waals surface area (Å²) in [6, 6.07) is 13.9. The number of hydrogen-bond acceptors (Lipinski definition) is 3. The third kappa shape index (κ3) is 3.08. The first-order valence-corrected chi connectivity index (χ1v) is 6.10. The fourth-order valence-electron chi connectivity index (χ4n) is 1.75. The van der Waals surface area contributed by atoms with Crippen LogP contribution < -0.4 is 10.5 Å². The second-order valence-electron chi connectivity index (χ2n) is 4.39. The predicted octanol–water partition coefficient (Wildman–Crippen LogP) is 3.24. The third-order valence-corrected chi connectivity index (χ3v) is 2.85. The molecule has 0 spiro atoms. The molecule has 2 atom stereocenters. The van der Waals surface area contributed by atoms with E-state index in [1.165, 1.54) is 0 Å². The average molecular weight is 242 g/mol. The summed E-state index contributed by atoms with van der Waals surface area (Å²) >= 11 is 0. The third-order valence-electron chi connectivity index (χ3n) is 2.85. The second kappa shape index (κ2) is 5.65. The molecule has 0 bridgehead atoms. The van der Waals surface area contributed by atoms with Gasteiger partial charge in [-0.3, -0.25) is 0 Å². The van der Waals surface area contributed by atoms with Crippen molar-refractivity contribution in [2.75, 3.05) is 0 Å². The topological polar surface area (TPSA) is 48.1 Å². The highest BCUT2D eigenvalue weighted by Gasteiger charge is 2.08. The van der Waals surface area contributed by atoms with Gasteiger partial charge in [-0.25, -0.2) is 4.98 Å². The standard InChI is InChI=1S/C15H18N2O/c1-11(16)14-8-9-17-15(10-14)18-12(2)13-6-4-3-5-7-13/h3-12H,16H2,1-2H3/t11-,12?/m1/s1. The van der Waals surface area contributed by atoms with Crippen molar-refractivity contribution in [3.63, 3.8) is 0 Å². The Morgan fingerprint density at radius 2 is 1.78 bits per heavy atom. The highest BCUT2D eigenvalue weighted by molar-refractivity contribution is 5.24. The van der Waals surface area contributed by atoms with Gasteiger partial charge in [0.1, 0.15) is 6.10 Å². The molecule has 1 heterocycles. The van der Waals surface area contributed by atoms with Gasteiger partial charge < -0.3 is 10.5 Å². The molecule has 1 aromatic heterocycles. The Morgan fingerprint density at radius 3 is 2.44 bits per heavy atom. The summed E-state index contributed by atoms with van der Waals surface area (Å²) in [4.78, 5) is 4.21. The lowest BCUT2D eigenvalue weighted by molar-refractivity contribution is 0.217. The first-order chi connectivity index (χ1) is 8.66. The van der Waals surface area contributed by atoms with Crippen molar-refractivity contribution in [2.24, 2.45) is 5.73 Å². The van der Waals surface area contributed by atoms with Gasteiger partial charge in [-0.15, -0.1) is 0 Å². The molecule has 0 aliphatic carbocycles. The number of rotatable bonds is 4. The smallest absolute Gasteiger partial charge is 0.214 e. The number of hydrogen-bond donors (Lipinski definition) is 1. The molecule has 2 aromatic rings. The molecule has 2 N–H and O–H groups in total. The fraction of sp³-hybridized carbons (Fsp3) is 0.267. The molecule has 0 fully saturated rings. The average Bonchev–Trinajstić information content (AvgIpc) is 2.40. The van der Waals surface area contributed by atoms with Crippen molar-refractivity contribution in [3.05, 3.63) is 59.8 Å². The molecule has 3 heteroatoms. The zero-order chi connectivity index (χ0) is 13.0. The molecule has 1 aromatic carbocycles. The van der Waals surface area contributed by atoms with Gasteiger partial charge in [0.25, 0.3) is 0 Å². The van der Waals surface area contributed by atoms with E-state index in [4.69, 9.17) is 10.5 Å². The van der Waals surface area contributed by atoms with Crippen LogP contribution in [0.3, 0.4) is 0 Å². The van der Waals surface area contributed by atoms with E-state index in [-0.39, 0.29) is 12.1 Å². The summed E-state index contributed by atoms with van der Waals surface area (Å²) in [6.45, 7) is 3.95. The summed E-state index contributed by atoms with van der Waals surface area (Å²) in [5.41, 5.74) is 8.00. The molecular weight excluding hydrogens is 224 g/mol. The highest BCUT2D eigenvalue weighted by Crippen LogP contribution is 2.21. The molecular formula is C15H18N2O. The second-order valence-corrected chi connectivity index (χ2v) is 4.39. The van der Waals surface area contributed by atoms with Crippen LogP contribution in [0.15, 0.2) is 48.7 Å². The van der Waals surface area contributed by atoms with Crippen LogP contribution in [0.2, 0.25) is 0 Å². The molecule has 0 amide bonds. The summed E-state index contributed by atoms with van der Waals surface area (Å²) in [7, 11) is 0. The minimum absolute atomic E-state index is 0.0117. The summed E-state index contributed by atoms with van der Waals surface area (Å²) < 4.78 is 5.82. The highest BCUT2D eigenvalue weighted by atomic mass is 16.5. The lowest BCUT2D eigenvalue weighted by Crippen LogP contribution is -2.07. The largest absolute Gasteiger partial charge is 0.470 e. The predicted molar refractivity (Wildman–Crippen MR) is 72.3 cm³/mol. The monoisotopic (exact) mass is 242 g/mol. The normalized spacial score (nSPS) is 13.9. The van der Waals surface area contributed by atoms with E-state index in [2.05, 4.69) is 4.98 Å². The van der Waals surface area contributed by atoms with Gasteiger partial charge in [0.15, 0.2) is 0 Å². The van der Waals surface area contributed by atoms with E-state index in [0.717, 1.165) is 11.1 Å². The maximum absolute atomic E-state index is 5.84. The molecule has 0 saturated heterocycles. The zero-order valence-corrected chi connectivity index (χ0v) is 10.7. The number of aromatic nitrogens is 1. The Kier molecular flexibility index (Phi) is 3.95. The first kappa shape index (κ1) is 12.6. The first-order valence-electron chi connectivity index (χ1n) is 6.10. The van der Waals surface area contributed by atoms with Gasteiger partial charge in [0, 0.05) is 18.3 Å². The Balaban J connectivity index is 2.12. The molecule has 3 nitrogen and oxygen atoms in total. The Bertz CT molecular complexity index is 497. The SMILES string of the molecule is CC(Oc1cc([C@@H](C)N)ccn1)c1ccccc1. The van der Waals surface area contributed by atoms with Gasteiger partial charge in [-0.1, -0.05) is 30.3 Å². The quantitative estimate of drug-likeness (QED) is 0.895. The summed E-state index contributed by atoms with van der Waals surface area (Å²) in [6.07, 6.45) is 1.70. The Morgan fingerprint density at radius 1 is 1.06 bits per heavy atom. The lowest BCUT2D eigenvalue weighted by atomic mass is 10.1. The van der Waals surface area contributed by atoms with Gasteiger partial charge in [-0.05, 0) is 31.0 Å². The van der Waals surface area contributed by atoms with Crippen molar-refractivity contribution in [1.29, 1.82) is 0 Å². The molecule has 0 aliphatic rings. The van der Waals surface area contributed by atoms with Crippen LogP contribution in [0.4, 0.5) is 0 Å². The van der Waals surface area contributed by atoms with Crippen LogP contribution in [0, 0.1) is 0 Å². The van der Waals surface area contributed by atoms with Crippen LogP contribution in [-0.4, -0.2) is 4.98 Å². The number of ether oxygens (including phenoxy) is 1. The van der Waals surface area contributed by atoms with Crippen LogP contribution >= 0.6 is 0 Å². The molecule has 1 unspecified atom stereocenters. The zero-order valence-electron chi connectivity index (χ0n) is 10.7. The number of nitrogens with zero attached hydrogens (tertiary/aromatic N) is 1. The van der Waals surface area contributed by atoms with Crippen molar-refractivity contribution in [3.8, 4) is 5.88 Å². The van der Waals surface area contributed by atoms with Crippen molar-refractivity contribution in [2.45, 2.75) is 26.0 Å². The van der Waals surface area contributed by atoms with Crippen molar-refractivity contribution >= 4 is 0 Å². The van der Waals surface area contributed by atoms with E-state index in [1.54, 1.807) is 6.20 Å². The number of pyridine rings is 1. The number of nitrogens with two attached hydrogens (primary N) is 1. The maximum atomic E-state index is 5.84. The Labute approximate surface area is 108 Å². The maximum Gasteiger partial charge on any atom is 0.214 e. The molecule has 2 rings (SSSR count). The molecule has 94 valence electrons. The fourth-order valence-corrected chi connectivity index (χ4v) is 1.75. The lowest BCUT2D eigenvalue weighted by Gasteiger charge is -2.15. The van der Waals surface area contributed by atoms with E-state index < -0.39 is 0 Å². The Hall–Kier alpha value is -1.87. The van der Waals surface area contributed by atoms with E-state index >= 15 is 0 Å². The van der Waals surface area contributed by atoms with Crippen LogP contribution in [0.1, 0.15) is 37.1 Å².